The summed E-state index contributed by atoms with van der Waals surface area (Å²) in [5.41, 5.74) is 1.34. The summed E-state index contributed by atoms with van der Waals surface area (Å²) in [4.78, 5) is 35.6. The molecule has 0 spiro atoms. The summed E-state index contributed by atoms with van der Waals surface area (Å²) in [5, 5.41) is 11.4. The van der Waals surface area contributed by atoms with E-state index < -0.39 is 11.9 Å². The van der Waals surface area contributed by atoms with E-state index in [0.29, 0.717) is 5.69 Å². The third-order valence-electron chi connectivity index (χ3n) is 3.05. The van der Waals surface area contributed by atoms with Gasteiger partial charge in [-0.1, -0.05) is 18.2 Å². The van der Waals surface area contributed by atoms with E-state index >= 15 is 0 Å². The number of carbonyl (C=O) groups is 3. The molecule has 6 heteroatoms. The fourth-order valence-corrected chi connectivity index (χ4v) is 2.18. The highest BCUT2D eigenvalue weighted by atomic mass is 16.4. The lowest BCUT2D eigenvalue weighted by molar-refractivity contribution is -0.144. The Morgan fingerprint density at radius 3 is 2.79 bits per heavy atom. The van der Waals surface area contributed by atoms with E-state index in [4.69, 9.17) is 5.11 Å². The maximum atomic E-state index is 12.2. The van der Waals surface area contributed by atoms with Gasteiger partial charge in [-0.3, -0.25) is 14.4 Å². The molecule has 1 aromatic carbocycles. The maximum Gasteiger partial charge on any atom is 0.323 e. The first kappa shape index (κ1) is 13.1. The Balaban J connectivity index is 2.27. The van der Waals surface area contributed by atoms with Crippen LogP contribution in [0.5, 0.6) is 0 Å². The van der Waals surface area contributed by atoms with Gasteiger partial charge in [-0.2, -0.15) is 0 Å². The van der Waals surface area contributed by atoms with Crippen molar-refractivity contribution in [2.75, 3.05) is 18.9 Å². The van der Waals surface area contributed by atoms with Crippen molar-refractivity contribution in [3.05, 3.63) is 29.8 Å². The van der Waals surface area contributed by atoms with Gasteiger partial charge in [-0.15, -0.1) is 0 Å². The molecule has 1 unspecified atom stereocenters. The molecule has 0 saturated carbocycles. The molecule has 0 radical (unpaired) electrons. The molecule has 0 fully saturated rings. The van der Waals surface area contributed by atoms with Crippen molar-refractivity contribution in [2.24, 2.45) is 0 Å². The molecule has 100 valence electrons. The Kier molecular flexibility index (Phi) is 3.50. The minimum atomic E-state index is -1.08. The summed E-state index contributed by atoms with van der Waals surface area (Å²) in [5.74, 6) is -2.29. The number of carbonyl (C=O) groups excluding carboxylic acids is 2. The lowest BCUT2D eigenvalue weighted by Gasteiger charge is -2.27. The molecule has 2 amide bonds. The number of amides is 2. The number of anilines is 1. The minimum absolute atomic E-state index is 0.0415. The molecule has 1 aliphatic rings. The summed E-state index contributed by atoms with van der Waals surface area (Å²) in [6.45, 7) is -0.376. The average Bonchev–Trinajstić information content (AvgIpc) is 2.36. The van der Waals surface area contributed by atoms with Crippen molar-refractivity contribution in [3.8, 4) is 0 Å². The highest BCUT2D eigenvalue weighted by molar-refractivity contribution is 6.01. The van der Waals surface area contributed by atoms with Gasteiger partial charge in [-0.05, 0) is 11.6 Å². The predicted octanol–water partition coefficient (Wildman–Crippen LogP) is 0.655. The molecule has 1 aromatic rings. The highest BCUT2D eigenvalue weighted by Gasteiger charge is 2.32. The number of fused-ring (bicyclic) bond motifs is 1. The molecule has 1 aliphatic heterocycles. The number of carboxylic acids is 1. The minimum Gasteiger partial charge on any atom is -0.480 e. The van der Waals surface area contributed by atoms with Gasteiger partial charge in [0.15, 0.2) is 0 Å². The number of aliphatic carboxylic acids is 1. The number of hydrogen-bond donors (Lipinski definition) is 2. The molecule has 1 heterocycles. The van der Waals surface area contributed by atoms with Gasteiger partial charge in [0.1, 0.15) is 6.54 Å². The number of rotatable bonds is 3. The van der Waals surface area contributed by atoms with Crippen LogP contribution in [0, 0.1) is 0 Å². The van der Waals surface area contributed by atoms with Gasteiger partial charge in [0.2, 0.25) is 11.8 Å². The van der Waals surface area contributed by atoms with Crippen molar-refractivity contribution >= 4 is 23.5 Å². The third-order valence-corrected chi connectivity index (χ3v) is 3.05. The van der Waals surface area contributed by atoms with Crippen molar-refractivity contribution in [3.63, 3.8) is 0 Å². The molecule has 2 N–H and O–H groups in total. The monoisotopic (exact) mass is 262 g/mol. The zero-order valence-corrected chi connectivity index (χ0v) is 10.4. The number of hydrogen-bond acceptors (Lipinski definition) is 3. The largest absolute Gasteiger partial charge is 0.480 e. The Morgan fingerprint density at radius 2 is 2.11 bits per heavy atom. The van der Waals surface area contributed by atoms with Crippen LogP contribution in [-0.2, 0) is 14.4 Å². The molecule has 0 bridgehead atoms. The van der Waals surface area contributed by atoms with Gasteiger partial charge >= 0.3 is 5.97 Å². The second kappa shape index (κ2) is 5.09. The fraction of sp³-hybridized carbons (Fsp3) is 0.308. The zero-order valence-electron chi connectivity index (χ0n) is 10.4. The van der Waals surface area contributed by atoms with Crippen LogP contribution in [0.2, 0.25) is 0 Å². The highest BCUT2D eigenvalue weighted by Crippen LogP contribution is 2.32. The normalized spacial score (nSPS) is 17.3. The topological polar surface area (TPSA) is 86.7 Å². The van der Waals surface area contributed by atoms with E-state index in [9.17, 15) is 14.4 Å². The molecule has 0 aromatic heterocycles. The quantitative estimate of drug-likeness (QED) is 0.837. The van der Waals surface area contributed by atoms with Crippen molar-refractivity contribution in [2.45, 2.75) is 12.3 Å². The van der Waals surface area contributed by atoms with Gasteiger partial charge in [0.05, 0.1) is 5.92 Å². The molecule has 2 rings (SSSR count). The van der Waals surface area contributed by atoms with Crippen LogP contribution in [0.4, 0.5) is 5.69 Å². The van der Waals surface area contributed by atoms with Crippen LogP contribution in [0.3, 0.4) is 0 Å². The lowest BCUT2D eigenvalue weighted by atomic mass is 9.89. The van der Waals surface area contributed by atoms with Crippen LogP contribution in [0.1, 0.15) is 17.9 Å². The van der Waals surface area contributed by atoms with Crippen LogP contribution < -0.4 is 5.32 Å². The molecule has 1 atom stereocenters. The van der Waals surface area contributed by atoms with Gasteiger partial charge in [-0.25, -0.2) is 0 Å². The molecule has 0 saturated heterocycles. The molecular weight excluding hydrogens is 248 g/mol. The first-order valence-electron chi connectivity index (χ1n) is 5.84. The smallest absolute Gasteiger partial charge is 0.323 e. The maximum absolute atomic E-state index is 12.2. The van der Waals surface area contributed by atoms with E-state index in [1.165, 1.54) is 7.05 Å². The van der Waals surface area contributed by atoms with Crippen LogP contribution in [0.25, 0.3) is 0 Å². The zero-order chi connectivity index (χ0) is 14.0. The summed E-state index contributed by atoms with van der Waals surface area (Å²) in [6, 6.07) is 7.05. The number of nitrogens with zero attached hydrogens (tertiary/aromatic N) is 1. The van der Waals surface area contributed by atoms with Crippen LogP contribution in [-0.4, -0.2) is 41.4 Å². The fourth-order valence-electron chi connectivity index (χ4n) is 2.18. The molecular formula is C13H14N2O4. The lowest BCUT2D eigenvalue weighted by Crippen LogP contribution is -2.38. The number of nitrogens with one attached hydrogen (secondary N) is 1. The summed E-state index contributed by atoms with van der Waals surface area (Å²) >= 11 is 0. The average molecular weight is 262 g/mol. The summed E-state index contributed by atoms with van der Waals surface area (Å²) < 4.78 is 0. The Labute approximate surface area is 110 Å². The summed E-state index contributed by atoms with van der Waals surface area (Å²) in [7, 11) is 1.42. The summed E-state index contributed by atoms with van der Waals surface area (Å²) in [6.07, 6.45) is 0.0415. The first-order chi connectivity index (χ1) is 8.99. The van der Waals surface area contributed by atoms with E-state index in [1.807, 2.05) is 0 Å². The number of para-hydroxylation sites is 1. The molecule has 0 aliphatic carbocycles. The Bertz CT molecular complexity index is 541. The van der Waals surface area contributed by atoms with E-state index in [1.54, 1.807) is 24.3 Å². The van der Waals surface area contributed by atoms with Crippen LogP contribution >= 0.6 is 0 Å². The SMILES string of the molecule is CN(CC(=O)O)C(=O)C1CC(=O)Nc2ccccc21. The predicted molar refractivity (Wildman–Crippen MR) is 67.7 cm³/mol. The third kappa shape index (κ3) is 2.73. The van der Waals surface area contributed by atoms with E-state index in [0.717, 1.165) is 10.5 Å². The van der Waals surface area contributed by atoms with Gasteiger partial charge in [0.25, 0.3) is 0 Å². The van der Waals surface area contributed by atoms with Crippen LogP contribution in [0.15, 0.2) is 24.3 Å². The number of carboxylic acid groups (broad SMARTS) is 1. The van der Waals surface area contributed by atoms with Crippen molar-refractivity contribution in [1.29, 1.82) is 0 Å². The molecule has 19 heavy (non-hydrogen) atoms. The molecule has 6 nitrogen and oxygen atoms in total. The second-order valence-electron chi connectivity index (χ2n) is 4.48. The van der Waals surface area contributed by atoms with Gasteiger partial charge in [0, 0.05) is 19.2 Å². The standard InChI is InChI=1S/C13H14N2O4/c1-15(7-12(17)18)13(19)9-6-11(16)14-10-5-3-2-4-8(9)10/h2-5,9H,6-7H2,1H3,(H,14,16)(H,17,18). The first-order valence-corrected chi connectivity index (χ1v) is 5.84. The Hall–Kier alpha value is -2.37. The van der Waals surface area contributed by atoms with E-state index in [-0.39, 0.29) is 24.8 Å². The Morgan fingerprint density at radius 1 is 1.42 bits per heavy atom. The second-order valence-corrected chi connectivity index (χ2v) is 4.48. The van der Waals surface area contributed by atoms with Crippen molar-refractivity contribution in [1.82, 2.24) is 4.90 Å². The van der Waals surface area contributed by atoms with Gasteiger partial charge < -0.3 is 15.3 Å². The van der Waals surface area contributed by atoms with E-state index in [2.05, 4.69) is 5.32 Å². The van der Waals surface area contributed by atoms with Crippen molar-refractivity contribution < 1.29 is 19.5 Å². The number of likely N-dealkylation sites (N-methyl/N-ethyl adjacent to an activating group) is 1. The number of benzene rings is 1.